The molecule has 1 aromatic carbocycles. The lowest BCUT2D eigenvalue weighted by molar-refractivity contribution is 0.305. The van der Waals surface area contributed by atoms with Crippen LogP contribution in [-0.2, 0) is 0 Å². The Hall–Kier alpha value is -2.60. The van der Waals surface area contributed by atoms with E-state index in [0.29, 0.717) is 11.3 Å². The van der Waals surface area contributed by atoms with Gasteiger partial charge in [-0.05, 0) is 42.3 Å². The van der Waals surface area contributed by atoms with Gasteiger partial charge in [0.1, 0.15) is 11.8 Å². The summed E-state index contributed by atoms with van der Waals surface area (Å²) in [5.41, 5.74) is 2.20. The zero-order valence-corrected chi connectivity index (χ0v) is 13.5. The number of pyridine rings is 1. The molecule has 0 N–H and O–H groups in total. The van der Waals surface area contributed by atoms with Crippen LogP contribution in [0.3, 0.4) is 0 Å². The Bertz CT molecular complexity index is 654. The van der Waals surface area contributed by atoms with E-state index in [9.17, 15) is 5.26 Å². The van der Waals surface area contributed by atoms with Crippen LogP contribution in [0.1, 0.15) is 43.9 Å². The number of hydrogen-bond acceptors (Lipinski definition) is 3. The molecule has 2 rings (SSSR count). The zero-order valence-electron chi connectivity index (χ0n) is 13.5. The van der Waals surface area contributed by atoms with Crippen LogP contribution in [0, 0.1) is 11.3 Å². The summed E-state index contributed by atoms with van der Waals surface area (Å²) in [5.74, 6) is 0.870. The Morgan fingerprint density at radius 1 is 1.13 bits per heavy atom. The van der Waals surface area contributed by atoms with E-state index in [0.717, 1.165) is 24.3 Å². The monoisotopic (exact) mass is 306 g/mol. The van der Waals surface area contributed by atoms with Crippen molar-refractivity contribution in [3.63, 3.8) is 0 Å². The van der Waals surface area contributed by atoms with Gasteiger partial charge in [0.15, 0.2) is 0 Å². The normalized spacial score (nSPS) is 11.0. The number of nitriles is 1. The summed E-state index contributed by atoms with van der Waals surface area (Å²) >= 11 is 0. The van der Waals surface area contributed by atoms with E-state index in [1.165, 1.54) is 19.3 Å². The van der Waals surface area contributed by atoms with Crippen LogP contribution >= 0.6 is 0 Å². The Morgan fingerprint density at radius 3 is 2.61 bits per heavy atom. The van der Waals surface area contributed by atoms with Gasteiger partial charge in [-0.3, -0.25) is 4.98 Å². The summed E-state index contributed by atoms with van der Waals surface area (Å²) in [6.45, 7) is 2.96. The first-order valence-corrected chi connectivity index (χ1v) is 8.09. The molecule has 0 saturated carbocycles. The predicted molar refractivity (Wildman–Crippen MR) is 93.8 cm³/mol. The van der Waals surface area contributed by atoms with Gasteiger partial charge < -0.3 is 4.74 Å². The summed E-state index contributed by atoms with van der Waals surface area (Å²) in [5, 5.41) is 9.30. The van der Waals surface area contributed by atoms with Gasteiger partial charge in [-0.15, -0.1) is 0 Å². The van der Waals surface area contributed by atoms with Crippen molar-refractivity contribution in [2.75, 3.05) is 6.61 Å². The molecule has 0 aliphatic heterocycles. The molecule has 0 fully saturated rings. The summed E-state index contributed by atoms with van der Waals surface area (Å²) in [6.07, 6.45) is 8.33. The molecule has 3 nitrogen and oxygen atoms in total. The lowest BCUT2D eigenvalue weighted by atomic mass is 10.1. The highest BCUT2D eigenvalue weighted by Gasteiger charge is 2.02. The van der Waals surface area contributed by atoms with Crippen molar-refractivity contribution in [2.45, 2.75) is 32.6 Å². The van der Waals surface area contributed by atoms with Crippen molar-refractivity contribution in [2.24, 2.45) is 0 Å². The molecule has 23 heavy (non-hydrogen) atoms. The van der Waals surface area contributed by atoms with Crippen molar-refractivity contribution < 1.29 is 4.74 Å². The van der Waals surface area contributed by atoms with Gasteiger partial charge in [0.2, 0.25) is 0 Å². The molecule has 118 valence electrons. The maximum atomic E-state index is 9.30. The van der Waals surface area contributed by atoms with Crippen molar-refractivity contribution in [3.8, 4) is 11.8 Å². The number of ether oxygens (including phenoxy) is 1. The smallest absolute Gasteiger partial charge is 0.119 e. The molecule has 1 aromatic heterocycles. The average Bonchev–Trinajstić information content (AvgIpc) is 2.61. The van der Waals surface area contributed by atoms with Crippen LogP contribution in [0.25, 0.3) is 11.6 Å². The molecule has 0 atom stereocenters. The molecule has 0 radical (unpaired) electrons. The van der Waals surface area contributed by atoms with Gasteiger partial charge in [-0.2, -0.15) is 5.26 Å². The fourth-order valence-electron chi connectivity index (χ4n) is 2.23. The number of aromatic nitrogens is 1. The summed E-state index contributed by atoms with van der Waals surface area (Å²) < 4.78 is 5.73. The Kier molecular flexibility index (Phi) is 6.87. The number of nitrogens with zero attached hydrogens (tertiary/aromatic N) is 2. The van der Waals surface area contributed by atoms with Crippen LogP contribution in [0.4, 0.5) is 0 Å². The second-order valence-electron chi connectivity index (χ2n) is 5.36. The Labute approximate surface area is 138 Å². The van der Waals surface area contributed by atoms with Crippen LogP contribution in [0.15, 0.2) is 48.7 Å². The zero-order chi connectivity index (χ0) is 16.3. The van der Waals surface area contributed by atoms with Gasteiger partial charge in [0.05, 0.1) is 17.9 Å². The number of benzene rings is 1. The first kappa shape index (κ1) is 16.8. The average molecular weight is 306 g/mol. The molecule has 0 aliphatic carbocycles. The van der Waals surface area contributed by atoms with Crippen molar-refractivity contribution in [1.29, 1.82) is 5.26 Å². The topological polar surface area (TPSA) is 45.9 Å². The van der Waals surface area contributed by atoms with E-state index in [1.54, 1.807) is 6.20 Å². The quantitative estimate of drug-likeness (QED) is 0.503. The molecule has 0 unspecified atom stereocenters. The lowest BCUT2D eigenvalue weighted by Gasteiger charge is -2.06. The van der Waals surface area contributed by atoms with E-state index < -0.39 is 0 Å². The molecule has 0 saturated heterocycles. The highest BCUT2D eigenvalue weighted by molar-refractivity contribution is 5.88. The van der Waals surface area contributed by atoms with Crippen LogP contribution in [-0.4, -0.2) is 11.6 Å². The second-order valence-corrected chi connectivity index (χ2v) is 5.36. The lowest BCUT2D eigenvalue weighted by Crippen LogP contribution is -1.97. The first-order valence-electron chi connectivity index (χ1n) is 8.09. The number of unbranched alkanes of at least 4 members (excludes halogenated alkanes) is 3. The van der Waals surface area contributed by atoms with E-state index in [1.807, 2.05) is 48.5 Å². The van der Waals surface area contributed by atoms with E-state index in [4.69, 9.17) is 4.74 Å². The highest BCUT2D eigenvalue weighted by atomic mass is 16.5. The summed E-state index contributed by atoms with van der Waals surface area (Å²) in [7, 11) is 0. The minimum absolute atomic E-state index is 0.554. The molecule has 0 aliphatic rings. The minimum atomic E-state index is 0.554. The van der Waals surface area contributed by atoms with Crippen LogP contribution in [0.5, 0.6) is 5.75 Å². The van der Waals surface area contributed by atoms with Gasteiger partial charge in [-0.25, -0.2) is 0 Å². The second kappa shape index (κ2) is 9.42. The summed E-state index contributed by atoms with van der Waals surface area (Å²) in [4.78, 5) is 4.21. The van der Waals surface area contributed by atoms with Crippen LogP contribution in [0.2, 0.25) is 0 Å². The van der Waals surface area contributed by atoms with Crippen molar-refractivity contribution in [3.05, 3.63) is 59.9 Å². The van der Waals surface area contributed by atoms with Gasteiger partial charge in [0.25, 0.3) is 0 Å². The third-order valence-electron chi connectivity index (χ3n) is 3.52. The molecule has 0 bridgehead atoms. The predicted octanol–water partition coefficient (Wildman–Crippen LogP) is 5.10. The maximum Gasteiger partial charge on any atom is 0.119 e. The van der Waals surface area contributed by atoms with E-state index in [2.05, 4.69) is 18.0 Å². The third-order valence-corrected chi connectivity index (χ3v) is 3.52. The van der Waals surface area contributed by atoms with Gasteiger partial charge in [0, 0.05) is 6.20 Å². The van der Waals surface area contributed by atoms with Crippen molar-refractivity contribution in [1.82, 2.24) is 4.98 Å². The molecule has 1 heterocycles. The fraction of sp³-hybridized carbons (Fsp3) is 0.300. The number of hydrogen-bond donors (Lipinski definition) is 0. The molecular formula is C20H22N2O. The molecule has 0 spiro atoms. The van der Waals surface area contributed by atoms with E-state index in [-0.39, 0.29) is 0 Å². The standard InChI is InChI=1S/C20H22N2O/c1-2-3-4-7-14-23-19-11-9-17(10-12-19)15-18(16-21)20-8-5-6-13-22-20/h5-6,8-13,15H,2-4,7,14H2,1H3/b18-15-. The number of allylic oxidation sites excluding steroid dienone is 1. The van der Waals surface area contributed by atoms with Gasteiger partial charge in [-0.1, -0.05) is 44.4 Å². The minimum Gasteiger partial charge on any atom is -0.494 e. The highest BCUT2D eigenvalue weighted by Crippen LogP contribution is 2.18. The molecule has 3 heteroatoms. The third kappa shape index (κ3) is 5.60. The maximum absolute atomic E-state index is 9.30. The van der Waals surface area contributed by atoms with Gasteiger partial charge >= 0.3 is 0 Å². The van der Waals surface area contributed by atoms with E-state index >= 15 is 0 Å². The Balaban J connectivity index is 1.96. The SMILES string of the molecule is CCCCCCOc1ccc(/C=C(/C#N)c2ccccn2)cc1. The number of rotatable bonds is 8. The van der Waals surface area contributed by atoms with Crippen LogP contribution < -0.4 is 4.74 Å². The summed E-state index contributed by atoms with van der Waals surface area (Å²) in [6, 6.07) is 15.6. The first-order chi connectivity index (χ1) is 11.3. The largest absolute Gasteiger partial charge is 0.494 e. The van der Waals surface area contributed by atoms with Crippen molar-refractivity contribution >= 4 is 11.6 Å². The molecular weight excluding hydrogens is 284 g/mol. The molecule has 2 aromatic rings. The molecule has 0 amide bonds. The Morgan fingerprint density at radius 2 is 1.96 bits per heavy atom. The fourth-order valence-corrected chi connectivity index (χ4v) is 2.23.